The topological polar surface area (TPSA) is 63.1 Å². The zero-order chi connectivity index (χ0) is 24.9. The highest BCUT2D eigenvalue weighted by atomic mass is 28.4. The Kier molecular flexibility index (Phi) is 12.5. The van der Waals surface area contributed by atoms with Crippen LogP contribution in [-0.4, -0.2) is 57.3 Å². The molecule has 0 aromatic carbocycles. The molecule has 10 heteroatoms. The smallest absolute Gasteiger partial charge is 0.370 e. The average molecular weight is 511 g/mol. The van der Waals surface area contributed by atoms with E-state index in [4.69, 9.17) is 26.6 Å². The molecule has 0 saturated heterocycles. The van der Waals surface area contributed by atoms with Crippen LogP contribution in [0.25, 0.3) is 11.1 Å². The molecular weight excluding hydrogens is 468 g/mol. The van der Waals surface area contributed by atoms with E-state index in [0.717, 1.165) is 11.1 Å². The summed E-state index contributed by atoms with van der Waals surface area (Å²) in [6.07, 6.45) is 9.35. The van der Waals surface area contributed by atoms with E-state index in [0.29, 0.717) is 52.0 Å². The van der Waals surface area contributed by atoms with Gasteiger partial charge in [-0.25, -0.2) is 9.13 Å². The maximum absolute atomic E-state index is 5.98. The molecule has 0 radical (unpaired) electrons. The van der Waals surface area contributed by atoms with Gasteiger partial charge in [0.25, 0.3) is 0 Å². The highest BCUT2D eigenvalue weighted by molar-refractivity contribution is 6.59. The summed E-state index contributed by atoms with van der Waals surface area (Å²) in [5.41, 5.74) is 2.26. The highest BCUT2D eigenvalue weighted by Crippen LogP contribution is 2.17. The molecule has 2 aromatic rings. The minimum atomic E-state index is -2.76. The molecule has 2 aromatic heterocycles. The van der Waals surface area contributed by atoms with Gasteiger partial charge in [0.05, 0.1) is 0 Å². The van der Waals surface area contributed by atoms with Crippen molar-refractivity contribution in [3.63, 3.8) is 0 Å². The van der Waals surface area contributed by atoms with E-state index < -0.39 is 17.6 Å². The van der Waals surface area contributed by atoms with Gasteiger partial charge in [0, 0.05) is 63.9 Å². The first-order valence-corrected chi connectivity index (χ1v) is 16.2. The standard InChI is InChI=1S/C24H42N2O6Si2/c1-7-27-33(28-8-2,29-9-3)21-25-17-13-23(14-18-25)24-15-19-26(20-16-24)22-34(30-10-4,31-11-5)32-12-6/h13-20H,7-12,21-22H2,1-6H3/q+2. The zero-order valence-electron chi connectivity index (χ0n) is 21.6. The van der Waals surface area contributed by atoms with Gasteiger partial charge in [-0.1, -0.05) is 0 Å². The lowest BCUT2D eigenvalue weighted by molar-refractivity contribution is -0.685. The molecule has 2 heterocycles. The summed E-state index contributed by atoms with van der Waals surface area (Å²) in [6, 6.07) is 8.40. The van der Waals surface area contributed by atoms with Crippen LogP contribution in [-0.2, 0) is 38.9 Å². The van der Waals surface area contributed by atoms with E-state index in [1.54, 1.807) is 0 Å². The summed E-state index contributed by atoms with van der Waals surface area (Å²) in [5, 5.41) is 0. The molecule has 0 N–H and O–H groups in total. The highest BCUT2D eigenvalue weighted by Gasteiger charge is 2.46. The Morgan fingerprint density at radius 3 is 0.912 bits per heavy atom. The maximum Gasteiger partial charge on any atom is 0.570 e. The predicted molar refractivity (Wildman–Crippen MR) is 134 cm³/mol. The zero-order valence-corrected chi connectivity index (χ0v) is 23.6. The minimum absolute atomic E-state index is 0.564. The normalized spacial score (nSPS) is 12.3. The first kappa shape index (κ1) is 28.7. The molecular formula is C24H42N2O6Si2+2. The van der Waals surface area contributed by atoms with Gasteiger partial charge < -0.3 is 26.6 Å². The largest absolute Gasteiger partial charge is 0.570 e. The van der Waals surface area contributed by atoms with Gasteiger partial charge in [-0.3, -0.25) is 0 Å². The molecule has 34 heavy (non-hydrogen) atoms. The summed E-state index contributed by atoms with van der Waals surface area (Å²) < 4.78 is 40.0. The lowest BCUT2D eigenvalue weighted by atomic mass is 10.1. The van der Waals surface area contributed by atoms with Crippen LogP contribution in [0.3, 0.4) is 0 Å². The third-order valence-electron chi connectivity index (χ3n) is 5.05. The SMILES string of the molecule is CCO[Si](C[n+]1ccc(-c2cc[n+](C[Si](OCC)(OCC)OCC)cc2)cc1)(OCC)OCC. The average Bonchev–Trinajstić information content (AvgIpc) is 2.81. The fourth-order valence-electron chi connectivity index (χ4n) is 3.80. The Labute approximate surface area is 207 Å². The van der Waals surface area contributed by atoms with Crippen molar-refractivity contribution < 1.29 is 35.7 Å². The van der Waals surface area contributed by atoms with Crippen LogP contribution in [0.4, 0.5) is 0 Å². The number of rotatable bonds is 17. The van der Waals surface area contributed by atoms with E-state index in [2.05, 4.69) is 33.4 Å². The van der Waals surface area contributed by atoms with Crippen molar-refractivity contribution in [1.29, 1.82) is 0 Å². The van der Waals surface area contributed by atoms with Crippen LogP contribution < -0.4 is 9.13 Å². The Hall–Kier alpha value is -1.51. The fraction of sp³-hybridized carbons (Fsp3) is 0.583. The second kappa shape index (κ2) is 14.8. The Morgan fingerprint density at radius 1 is 0.471 bits per heavy atom. The molecule has 8 nitrogen and oxygen atoms in total. The van der Waals surface area contributed by atoms with Crippen LogP contribution in [0, 0.1) is 0 Å². The van der Waals surface area contributed by atoms with Crippen molar-refractivity contribution in [2.24, 2.45) is 0 Å². The van der Waals surface area contributed by atoms with Gasteiger partial charge in [-0.05, 0) is 52.7 Å². The second-order valence-electron chi connectivity index (χ2n) is 7.48. The van der Waals surface area contributed by atoms with E-state index in [1.165, 1.54) is 0 Å². The number of hydrogen-bond donors (Lipinski definition) is 0. The molecule has 2 rings (SSSR count). The Bertz CT molecular complexity index is 720. The summed E-state index contributed by atoms with van der Waals surface area (Å²) in [4.78, 5) is 0. The lowest BCUT2D eigenvalue weighted by Crippen LogP contribution is -2.58. The number of hydrogen-bond acceptors (Lipinski definition) is 6. The summed E-state index contributed by atoms with van der Waals surface area (Å²) in [7, 11) is -5.51. The van der Waals surface area contributed by atoms with Crippen LogP contribution in [0.2, 0.25) is 0 Å². The first-order valence-electron chi connectivity index (χ1n) is 12.3. The van der Waals surface area contributed by atoms with E-state index in [-0.39, 0.29) is 0 Å². The monoisotopic (exact) mass is 510 g/mol. The molecule has 0 atom stereocenters. The number of aromatic nitrogens is 2. The van der Waals surface area contributed by atoms with Crippen molar-refractivity contribution in [2.75, 3.05) is 39.6 Å². The van der Waals surface area contributed by atoms with Crippen molar-refractivity contribution in [1.82, 2.24) is 0 Å². The summed E-state index contributed by atoms with van der Waals surface area (Å²) in [6.45, 7) is 15.2. The van der Waals surface area contributed by atoms with Gasteiger partial charge >= 0.3 is 17.6 Å². The summed E-state index contributed by atoms with van der Waals surface area (Å²) >= 11 is 0. The van der Waals surface area contributed by atoms with E-state index in [9.17, 15) is 0 Å². The Morgan fingerprint density at radius 2 is 0.706 bits per heavy atom. The molecule has 0 bridgehead atoms. The van der Waals surface area contributed by atoms with Gasteiger partial charge in [-0.2, -0.15) is 0 Å². The molecule has 0 amide bonds. The summed E-state index contributed by atoms with van der Waals surface area (Å²) in [5.74, 6) is 0. The van der Waals surface area contributed by atoms with Crippen molar-refractivity contribution in [3.8, 4) is 11.1 Å². The van der Waals surface area contributed by atoms with Crippen molar-refractivity contribution in [2.45, 2.75) is 53.9 Å². The molecule has 0 spiro atoms. The van der Waals surface area contributed by atoms with Crippen LogP contribution in [0.1, 0.15) is 41.5 Å². The molecule has 0 aliphatic rings. The third-order valence-corrected chi connectivity index (χ3v) is 10.9. The number of nitrogens with zero attached hydrogens (tertiary/aromatic N) is 2. The third kappa shape index (κ3) is 8.31. The van der Waals surface area contributed by atoms with Crippen molar-refractivity contribution >= 4 is 17.6 Å². The van der Waals surface area contributed by atoms with Crippen LogP contribution >= 0.6 is 0 Å². The van der Waals surface area contributed by atoms with Gasteiger partial charge in [-0.15, -0.1) is 0 Å². The van der Waals surface area contributed by atoms with Gasteiger partial charge in [0.1, 0.15) is 0 Å². The van der Waals surface area contributed by atoms with Crippen LogP contribution in [0.5, 0.6) is 0 Å². The first-order chi connectivity index (χ1) is 16.5. The maximum atomic E-state index is 5.98. The second-order valence-corrected chi connectivity index (χ2v) is 12.6. The predicted octanol–water partition coefficient (Wildman–Crippen LogP) is 3.10. The van der Waals surface area contributed by atoms with Gasteiger partial charge in [0.2, 0.25) is 12.3 Å². The minimum Gasteiger partial charge on any atom is -0.370 e. The van der Waals surface area contributed by atoms with E-state index in [1.807, 2.05) is 66.3 Å². The quantitative estimate of drug-likeness (QED) is 0.241. The van der Waals surface area contributed by atoms with E-state index >= 15 is 0 Å². The number of pyridine rings is 2. The fourth-order valence-corrected chi connectivity index (χ4v) is 8.80. The molecule has 190 valence electrons. The molecule has 0 aliphatic carbocycles. The lowest BCUT2D eigenvalue weighted by Gasteiger charge is -2.25. The Balaban J connectivity index is 2.15. The molecule has 0 unspecified atom stereocenters. The molecule has 0 aliphatic heterocycles. The van der Waals surface area contributed by atoms with Crippen molar-refractivity contribution in [3.05, 3.63) is 49.1 Å². The van der Waals surface area contributed by atoms with Crippen LogP contribution in [0.15, 0.2) is 49.1 Å². The molecule has 0 fully saturated rings. The molecule has 0 saturated carbocycles. The van der Waals surface area contributed by atoms with Gasteiger partial charge in [0.15, 0.2) is 24.8 Å².